The zero-order valence-corrected chi connectivity index (χ0v) is 37.4. The third-order valence-corrected chi connectivity index (χ3v) is 16.2. The Morgan fingerprint density at radius 2 is 1.69 bits per heavy atom. The second kappa shape index (κ2) is 15.4. The number of benzene rings is 3. The number of aromatic nitrogens is 7. The predicted molar refractivity (Wildman–Crippen MR) is 239 cm³/mol. The number of carbonyl (C=O) groups is 1. The Kier molecular flexibility index (Phi) is 10.0. The van der Waals surface area contributed by atoms with E-state index in [1.807, 2.05) is 29.4 Å². The Morgan fingerprint density at radius 1 is 0.984 bits per heavy atom. The number of imidazole rings is 1. The standard InChI is InChI=1S/C47H50FN9O6S/c1-7-64(61,49-6)36-11-9-34(10-12-36)54-18-19-55(46(54)60)42-40-30(5)53(17-14-37(40)51-57(42)35-22-27(2)41(48)28(3)23-35)43(58)39-25-33-24-32(31-15-20-62-21-16-31)8-13-38(33)56(39)47(26-29(47)4)44-50-45(59)63-52-44/h8-13,18-19,22-25,29-31H,7,14-17,20-21,26H2,1-6H3,(H,50,52,59)/t29-,30-,47-,64+/m0/s1. The molecule has 4 aromatic heterocycles. The Bertz CT molecular complexity index is 3230. The van der Waals surface area contributed by atoms with Crippen molar-refractivity contribution >= 4 is 26.5 Å². The first-order valence-electron chi connectivity index (χ1n) is 21.8. The summed E-state index contributed by atoms with van der Waals surface area (Å²) < 4.78 is 50.0. The fourth-order valence-corrected chi connectivity index (χ4v) is 11.5. The Labute approximate surface area is 368 Å². The van der Waals surface area contributed by atoms with Crippen molar-refractivity contribution in [2.75, 3.05) is 32.6 Å². The molecule has 2 fully saturated rings. The fraction of sp³-hybridized carbons (Fsp3) is 0.383. The molecule has 3 aromatic carbocycles. The first kappa shape index (κ1) is 41.7. The molecule has 15 nitrogen and oxygen atoms in total. The van der Waals surface area contributed by atoms with Gasteiger partial charge in [-0.25, -0.2) is 27.2 Å². The van der Waals surface area contributed by atoms with E-state index in [9.17, 15) is 13.8 Å². The number of aryl methyl sites for hydroxylation is 2. The average Bonchev–Trinajstić information content (AvgIpc) is 3.80. The Morgan fingerprint density at radius 3 is 2.33 bits per heavy atom. The molecule has 332 valence electrons. The lowest BCUT2D eigenvalue weighted by Crippen LogP contribution is -2.41. The van der Waals surface area contributed by atoms with Gasteiger partial charge in [-0.15, -0.1) is 0 Å². The quantitative estimate of drug-likeness (QED) is 0.160. The molecule has 3 aliphatic rings. The first-order chi connectivity index (χ1) is 30.8. The number of carbonyl (C=O) groups excluding carboxylic acids is 1. The summed E-state index contributed by atoms with van der Waals surface area (Å²) in [6, 6.07) is 18.1. The van der Waals surface area contributed by atoms with E-state index in [1.54, 1.807) is 74.4 Å². The van der Waals surface area contributed by atoms with Gasteiger partial charge in [0.1, 0.15) is 22.9 Å². The molecule has 1 amide bonds. The molecule has 64 heavy (non-hydrogen) atoms. The lowest BCUT2D eigenvalue weighted by atomic mass is 9.91. The van der Waals surface area contributed by atoms with Gasteiger partial charge in [-0.2, -0.15) is 5.10 Å². The normalized spacial score (nSPS) is 21.0. The number of nitrogens with zero attached hydrogens (tertiary/aromatic N) is 8. The second-order valence-corrected chi connectivity index (χ2v) is 20.1. The molecule has 1 saturated heterocycles. The number of aromatic amines is 1. The van der Waals surface area contributed by atoms with Crippen LogP contribution in [0.5, 0.6) is 0 Å². The third-order valence-electron chi connectivity index (χ3n) is 13.8. The molecular weight excluding hydrogens is 838 g/mol. The Hall–Kier alpha value is -6.33. The van der Waals surface area contributed by atoms with Gasteiger partial charge in [0.15, 0.2) is 5.82 Å². The lowest BCUT2D eigenvalue weighted by molar-refractivity contribution is 0.0663. The summed E-state index contributed by atoms with van der Waals surface area (Å²) in [4.78, 5) is 47.7. The van der Waals surface area contributed by atoms with Crippen LogP contribution in [-0.4, -0.2) is 81.2 Å². The number of rotatable bonds is 9. The summed E-state index contributed by atoms with van der Waals surface area (Å²) in [7, 11) is -1.04. The van der Waals surface area contributed by atoms with Crippen LogP contribution in [0.25, 0.3) is 28.1 Å². The van der Waals surface area contributed by atoms with Crippen molar-refractivity contribution < 1.29 is 22.7 Å². The highest BCUT2D eigenvalue weighted by molar-refractivity contribution is 7.93. The summed E-state index contributed by atoms with van der Waals surface area (Å²) in [5.74, 6) is 0.289. The van der Waals surface area contributed by atoms with Crippen LogP contribution >= 0.6 is 0 Å². The van der Waals surface area contributed by atoms with E-state index in [1.165, 1.54) is 14.7 Å². The van der Waals surface area contributed by atoms with Crippen molar-refractivity contribution in [2.24, 2.45) is 10.3 Å². The van der Waals surface area contributed by atoms with Gasteiger partial charge in [-0.05, 0) is 123 Å². The monoisotopic (exact) mass is 887 g/mol. The SMILES string of the molecule is CC[S@](=O)(=NC)c1ccc(-n2ccn(-c3c4c(nn3-c3cc(C)c(F)c(C)c3)CCN(C(=O)c3cc5cc(C6CCOCC6)ccc5n3[C@@]3(c5noc(=O)[nH]5)C[C@@H]3C)[C@H]4C)c2=O)cc1. The van der Waals surface area contributed by atoms with Gasteiger partial charge in [0, 0.05) is 72.7 Å². The lowest BCUT2D eigenvalue weighted by Gasteiger charge is -2.34. The number of hydrogen-bond acceptors (Lipinski definition) is 9. The van der Waals surface area contributed by atoms with Crippen molar-refractivity contribution in [3.63, 3.8) is 0 Å². The fourth-order valence-electron chi connectivity index (χ4n) is 10.2. The molecule has 0 unspecified atom stereocenters. The largest absolute Gasteiger partial charge is 0.438 e. The number of fused-ring (bicyclic) bond motifs is 2. The molecular formula is C47H50FN9O6S. The van der Waals surface area contributed by atoms with Crippen LogP contribution in [0.4, 0.5) is 4.39 Å². The molecule has 6 heterocycles. The maximum absolute atomic E-state index is 15.5. The Balaban J connectivity index is 1.11. The van der Waals surface area contributed by atoms with Crippen LogP contribution in [0, 0.1) is 25.6 Å². The molecule has 0 bridgehead atoms. The molecule has 17 heteroatoms. The van der Waals surface area contributed by atoms with Crippen LogP contribution in [0.2, 0.25) is 0 Å². The minimum atomic E-state index is -2.58. The number of hydrogen-bond donors (Lipinski definition) is 1. The third kappa shape index (κ3) is 6.45. The van der Waals surface area contributed by atoms with Crippen LogP contribution < -0.4 is 11.4 Å². The van der Waals surface area contributed by atoms with Gasteiger partial charge in [-0.1, -0.05) is 25.1 Å². The van der Waals surface area contributed by atoms with Gasteiger partial charge in [0.2, 0.25) is 0 Å². The molecule has 1 aliphatic carbocycles. The highest BCUT2D eigenvalue weighted by Gasteiger charge is 2.59. The molecule has 1 saturated carbocycles. The number of amides is 1. The molecule has 2 aliphatic heterocycles. The van der Waals surface area contributed by atoms with E-state index in [0.29, 0.717) is 100 Å². The highest BCUT2D eigenvalue weighted by atomic mass is 32.2. The second-order valence-electron chi connectivity index (χ2n) is 17.4. The van der Waals surface area contributed by atoms with Gasteiger partial charge in [0.05, 0.1) is 32.8 Å². The van der Waals surface area contributed by atoms with Crippen molar-refractivity contribution in [1.82, 2.24) is 38.5 Å². The molecule has 0 spiro atoms. The van der Waals surface area contributed by atoms with Crippen molar-refractivity contribution in [3.8, 4) is 17.2 Å². The summed E-state index contributed by atoms with van der Waals surface area (Å²) in [5, 5.41) is 10.2. The average molecular weight is 888 g/mol. The minimum absolute atomic E-state index is 0.0212. The zero-order chi connectivity index (χ0) is 44.8. The highest BCUT2D eigenvalue weighted by Crippen LogP contribution is 2.56. The van der Waals surface area contributed by atoms with Gasteiger partial charge < -0.3 is 14.2 Å². The molecule has 1 N–H and O–H groups in total. The summed E-state index contributed by atoms with van der Waals surface area (Å²) in [6.45, 7) is 11.0. The number of halogens is 1. The van der Waals surface area contributed by atoms with E-state index in [-0.39, 0.29) is 17.6 Å². The maximum Gasteiger partial charge on any atom is 0.438 e. The number of nitrogens with one attached hydrogen (secondary N) is 1. The zero-order valence-electron chi connectivity index (χ0n) is 36.6. The van der Waals surface area contributed by atoms with Crippen molar-refractivity contribution in [3.05, 3.63) is 139 Å². The summed E-state index contributed by atoms with van der Waals surface area (Å²) in [6.07, 6.45) is 6.17. The topological polar surface area (TPSA) is 168 Å². The van der Waals surface area contributed by atoms with E-state index in [0.717, 1.165) is 23.7 Å². The smallest absolute Gasteiger partial charge is 0.381 e. The molecule has 10 rings (SSSR count). The van der Waals surface area contributed by atoms with E-state index < -0.39 is 32.8 Å². The maximum atomic E-state index is 15.5. The predicted octanol–water partition coefficient (Wildman–Crippen LogP) is 7.11. The van der Waals surface area contributed by atoms with E-state index >= 15 is 9.18 Å². The van der Waals surface area contributed by atoms with Crippen LogP contribution in [0.3, 0.4) is 0 Å². The van der Waals surface area contributed by atoms with Crippen LogP contribution in [0.1, 0.15) is 96.3 Å². The van der Waals surface area contributed by atoms with E-state index in [4.69, 9.17) is 14.4 Å². The van der Waals surface area contributed by atoms with Crippen molar-refractivity contribution in [2.45, 2.75) is 82.7 Å². The van der Waals surface area contributed by atoms with Gasteiger partial charge in [0.25, 0.3) is 5.91 Å². The van der Waals surface area contributed by atoms with Crippen LogP contribution in [-0.2, 0) is 26.4 Å². The van der Waals surface area contributed by atoms with Crippen molar-refractivity contribution in [1.29, 1.82) is 0 Å². The summed E-state index contributed by atoms with van der Waals surface area (Å²) in [5.41, 5.74) is 4.62. The number of H-pyrrole nitrogens is 1. The minimum Gasteiger partial charge on any atom is -0.381 e. The number of ether oxygens (including phenoxy) is 1. The molecule has 4 atom stereocenters. The molecule has 0 radical (unpaired) electrons. The van der Waals surface area contributed by atoms with E-state index in [2.05, 4.69) is 39.6 Å². The summed E-state index contributed by atoms with van der Waals surface area (Å²) >= 11 is 0. The van der Waals surface area contributed by atoms with Gasteiger partial charge in [-0.3, -0.25) is 23.4 Å². The molecule has 7 aromatic rings. The first-order valence-corrected chi connectivity index (χ1v) is 23.5. The van der Waals surface area contributed by atoms with Crippen LogP contribution in [0.15, 0.2) is 96.4 Å². The van der Waals surface area contributed by atoms with Gasteiger partial charge >= 0.3 is 11.4 Å².